The first kappa shape index (κ1) is 9.97. The predicted octanol–water partition coefficient (Wildman–Crippen LogP) is 1.42. The molecule has 0 fully saturated rings. The molecule has 0 bridgehead atoms. The van der Waals surface area contributed by atoms with Gasteiger partial charge >= 0.3 is 0 Å². The Kier molecular flexibility index (Phi) is 2.59. The van der Waals surface area contributed by atoms with Gasteiger partial charge in [-0.05, 0) is 18.7 Å². The number of imidazole rings is 1. The number of aldehydes is 1. The van der Waals surface area contributed by atoms with Gasteiger partial charge in [0.05, 0.1) is 11.3 Å². The Morgan fingerprint density at radius 1 is 1.60 bits per heavy atom. The van der Waals surface area contributed by atoms with E-state index in [0.717, 1.165) is 22.2 Å². The minimum atomic E-state index is 0.624. The molecule has 2 aromatic heterocycles. The predicted molar refractivity (Wildman–Crippen MR) is 56.0 cm³/mol. The van der Waals surface area contributed by atoms with Crippen LogP contribution in [0, 0.1) is 6.92 Å². The zero-order valence-corrected chi connectivity index (χ0v) is 9.21. The summed E-state index contributed by atoms with van der Waals surface area (Å²) in [5.74, 6) is 0. The molecule has 15 heavy (non-hydrogen) atoms. The molecule has 2 heterocycles. The van der Waals surface area contributed by atoms with Crippen LogP contribution in [0.2, 0.25) is 0 Å². The lowest BCUT2D eigenvalue weighted by atomic mass is 10.3. The van der Waals surface area contributed by atoms with E-state index in [0.29, 0.717) is 5.56 Å². The molecule has 0 aliphatic heterocycles. The van der Waals surface area contributed by atoms with Crippen molar-refractivity contribution in [3.63, 3.8) is 0 Å². The van der Waals surface area contributed by atoms with Gasteiger partial charge in [-0.25, -0.2) is 4.98 Å². The van der Waals surface area contributed by atoms with E-state index >= 15 is 0 Å². The highest BCUT2D eigenvalue weighted by Crippen LogP contribution is 2.27. The van der Waals surface area contributed by atoms with Gasteiger partial charge in [0.2, 0.25) is 0 Å². The van der Waals surface area contributed by atoms with Crippen molar-refractivity contribution in [2.24, 2.45) is 7.05 Å². The first-order valence-corrected chi connectivity index (χ1v) is 5.20. The molecule has 0 amide bonds. The molecule has 6 heteroatoms. The van der Waals surface area contributed by atoms with Crippen LogP contribution in [0.25, 0.3) is 0 Å². The summed E-state index contributed by atoms with van der Waals surface area (Å²) in [6.45, 7) is 1.82. The molecule has 0 aromatic carbocycles. The third-order valence-electron chi connectivity index (χ3n) is 2.00. The zero-order valence-electron chi connectivity index (χ0n) is 8.39. The van der Waals surface area contributed by atoms with Crippen LogP contribution in [0.5, 0.6) is 0 Å². The molecule has 2 aromatic rings. The van der Waals surface area contributed by atoms with Gasteiger partial charge < -0.3 is 4.98 Å². The fourth-order valence-corrected chi connectivity index (χ4v) is 2.21. The van der Waals surface area contributed by atoms with E-state index in [-0.39, 0.29) is 0 Å². The lowest BCUT2D eigenvalue weighted by molar-refractivity contribution is 0.112. The largest absolute Gasteiger partial charge is 0.339 e. The average molecular weight is 222 g/mol. The van der Waals surface area contributed by atoms with Gasteiger partial charge in [-0.1, -0.05) is 0 Å². The minimum absolute atomic E-state index is 0.624. The maximum atomic E-state index is 10.9. The van der Waals surface area contributed by atoms with E-state index in [1.165, 1.54) is 11.8 Å². The summed E-state index contributed by atoms with van der Waals surface area (Å²) in [7, 11) is 1.81. The van der Waals surface area contributed by atoms with E-state index in [1.54, 1.807) is 17.1 Å². The summed E-state index contributed by atoms with van der Waals surface area (Å²) in [5, 5.41) is 5.74. The van der Waals surface area contributed by atoms with Crippen LogP contribution < -0.4 is 0 Å². The monoisotopic (exact) mass is 222 g/mol. The molecule has 0 radical (unpaired) electrons. The lowest BCUT2D eigenvalue weighted by Gasteiger charge is -1.98. The van der Waals surface area contributed by atoms with Crippen LogP contribution in [0.15, 0.2) is 22.6 Å². The number of nitrogens with one attached hydrogen (secondary N) is 1. The third-order valence-corrected chi connectivity index (χ3v) is 3.09. The molecule has 78 valence electrons. The highest BCUT2D eigenvalue weighted by Gasteiger charge is 2.14. The van der Waals surface area contributed by atoms with E-state index in [9.17, 15) is 4.79 Å². The van der Waals surface area contributed by atoms with Gasteiger partial charge in [0.25, 0.3) is 0 Å². The number of carbonyl (C=O) groups excluding carboxylic acids is 1. The quantitative estimate of drug-likeness (QED) is 0.798. The normalized spacial score (nSPS) is 10.5. The lowest BCUT2D eigenvalue weighted by Crippen LogP contribution is -1.93. The summed E-state index contributed by atoms with van der Waals surface area (Å²) >= 11 is 1.40. The number of carbonyl (C=O) groups is 1. The van der Waals surface area contributed by atoms with Gasteiger partial charge in [-0.15, -0.1) is 0 Å². The number of hydrogen-bond acceptors (Lipinski definition) is 4. The Labute approximate surface area is 90.9 Å². The fraction of sp³-hybridized carbons (Fsp3) is 0.222. The summed E-state index contributed by atoms with van der Waals surface area (Å²) in [6.07, 6.45) is 4.24. The Morgan fingerprint density at radius 3 is 3.00 bits per heavy atom. The standard InChI is InChI=1S/C9H10N4OS/c1-6-7(5-14)8(13(2)12-6)15-9-10-3-4-11-9/h3-5H,1-2H3,(H,10,11). The number of H-pyrrole nitrogens is 1. The highest BCUT2D eigenvalue weighted by atomic mass is 32.2. The van der Waals surface area contributed by atoms with E-state index < -0.39 is 0 Å². The number of nitrogens with zero attached hydrogens (tertiary/aromatic N) is 3. The minimum Gasteiger partial charge on any atom is -0.339 e. The number of aromatic amines is 1. The van der Waals surface area contributed by atoms with Gasteiger partial charge in [0.15, 0.2) is 11.4 Å². The first-order chi connectivity index (χ1) is 7.22. The summed E-state index contributed by atoms with van der Waals surface area (Å²) < 4.78 is 1.69. The van der Waals surface area contributed by atoms with Crippen LogP contribution in [0.3, 0.4) is 0 Å². The third kappa shape index (κ3) is 1.80. The molecule has 5 nitrogen and oxygen atoms in total. The molecular weight excluding hydrogens is 212 g/mol. The molecule has 0 aliphatic carbocycles. The Morgan fingerprint density at radius 2 is 2.40 bits per heavy atom. The van der Waals surface area contributed by atoms with E-state index in [4.69, 9.17) is 0 Å². The second kappa shape index (κ2) is 3.90. The number of hydrogen-bond donors (Lipinski definition) is 1. The average Bonchev–Trinajstić information content (AvgIpc) is 2.77. The summed E-state index contributed by atoms with van der Waals surface area (Å²) in [5.41, 5.74) is 1.36. The zero-order chi connectivity index (χ0) is 10.8. The van der Waals surface area contributed by atoms with Crippen LogP contribution in [-0.2, 0) is 7.05 Å². The number of aryl methyl sites for hydroxylation is 2. The van der Waals surface area contributed by atoms with Gasteiger partial charge in [-0.3, -0.25) is 9.48 Å². The van der Waals surface area contributed by atoms with Gasteiger partial charge in [0.1, 0.15) is 5.03 Å². The van der Waals surface area contributed by atoms with Crippen LogP contribution in [0.4, 0.5) is 0 Å². The maximum absolute atomic E-state index is 10.9. The van der Waals surface area contributed by atoms with Crippen molar-refractivity contribution in [2.45, 2.75) is 17.1 Å². The smallest absolute Gasteiger partial charge is 0.171 e. The topological polar surface area (TPSA) is 63.6 Å². The second-order valence-corrected chi connectivity index (χ2v) is 4.02. The molecule has 1 N–H and O–H groups in total. The Balaban J connectivity index is 2.39. The highest BCUT2D eigenvalue weighted by molar-refractivity contribution is 7.99. The molecule has 0 aliphatic rings. The molecule has 0 saturated carbocycles. The number of rotatable bonds is 3. The van der Waals surface area contributed by atoms with Gasteiger partial charge in [-0.2, -0.15) is 5.10 Å². The second-order valence-electron chi connectivity index (χ2n) is 3.04. The van der Waals surface area contributed by atoms with E-state index in [1.807, 2.05) is 14.0 Å². The maximum Gasteiger partial charge on any atom is 0.171 e. The van der Waals surface area contributed by atoms with Crippen LogP contribution in [-0.4, -0.2) is 26.0 Å². The van der Waals surface area contributed by atoms with E-state index in [2.05, 4.69) is 15.1 Å². The molecule has 0 unspecified atom stereocenters. The van der Waals surface area contributed by atoms with Crippen molar-refractivity contribution < 1.29 is 4.79 Å². The Hall–Kier alpha value is -1.56. The van der Waals surface area contributed by atoms with Gasteiger partial charge in [0, 0.05) is 19.4 Å². The van der Waals surface area contributed by atoms with Crippen LogP contribution in [0.1, 0.15) is 16.1 Å². The molecule has 0 atom stereocenters. The van der Waals surface area contributed by atoms with Crippen molar-refractivity contribution in [3.05, 3.63) is 23.7 Å². The number of aromatic nitrogens is 4. The van der Waals surface area contributed by atoms with Crippen molar-refractivity contribution in [1.82, 2.24) is 19.7 Å². The summed E-state index contributed by atoms with van der Waals surface area (Å²) in [4.78, 5) is 17.9. The molecule has 0 spiro atoms. The summed E-state index contributed by atoms with van der Waals surface area (Å²) in [6, 6.07) is 0. The van der Waals surface area contributed by atoms with Crippen molar-refractivity contribution in [1.29, 1.82) is 0 Å². The van der Waals surface area contributed by atoms with Crippen molar-refractivity contribution in [3.8, 4) is 0 Å². The Bertz CT molecular complexity index is 475. The SMILES string of the molecule is Cc1nn(C)c(Sc2ncc[nH]2)c1C=O. The first-order valence-electron chi connectivity index (χ1n) is 4.38. The molecular formula is C9H10N4OS. The molecule has 2 rings (SSSR count). The van der Waals surface area contributed by atoms with Crippen LogP contribution >= 0.6 is 11.8 Å². The van der Waals surface area contributed by atoms with Crippen molar-refractivity contribution >= 4 is 18.0 Å². The van der Waals surface area contributed by atoms with Crippen molar-refractivity contribution in [2.75, 3.05) is 0 Å². The fourth-order valence-electron chi connectivity index (χ4n) is 1.31. The molecule has 0 saturated heterocycles.